The number of anilines is 1. The normalized spacial score (nSPS) is 15.4. The monoisotopic (exact) mass is 254 g/mol. The Bertz CT molecular complexity index is 452. The second-order valence-electron chi connectivity index (χ2n) is 4.22. The molecular weight excluding hydrogens is 240 g/mol. The van der Waals surface area contributed by atoms with Gasteiger partial charge in [0, 0.05) is 10.8 Å². The Morgan fingerprint density at radius 3 is 2.76 bits per heavy atom. The number of hydrogen-bond donors (Lipinski definition) is 2. The Morgan fingerprint density at radius 2 is 2.24 bits per heavy atom. The number of nitrogens with zero attached hydrogens (tertiary/aromatic N) is 1. The highest BCUT2D eigenvalue weighted by molar-refractivity contribution is 7.16. The molecule has 0 radical (unpaired) electrons. The molecule has 0 aromatic carbocycles. The van der Waals surface area contributed by atoms with Gasteiger partial charge in [0.15, 0.2) is 5.13 Å². The summed E-state index contributed by atoms with van der Waals surface area (Å²) in [6.45, 7) is 1.76. The highest BCUT2D eigenvalue weighted by atomic mass is 32.1. The van der Waals surface area contributed by atoms with E-state index in [9.17, 15) is 9.59 Å². The first-order valence-corrected chi connectivity index (χ1v) is 6.37. The summed E-state index contributed by atoms with van der Waals surface area (Å²) in [4.78, 5) is 27.1. The number of amides is 1. The van der Waals surface area contributed by atoms with E-state index in [0.29, 0.717) is 15.7 Å². The van der Waals surface area contributed by atoms with Crippen molar-refractivity contribution in [3.63, 3.8) is 0 Å². The van der Waals surface area contributed by atoms with Crippen molar-refractivity contribution in [1.29, 1.82) is 0 Å². The molecular formula is C11H14N2O3S. The Kier molecular flexibility index (Phi) is 3.42. The molecule has 1 aliphatic carbocycles. The number of hydrogen-bond acceptors (Lipinski definition) is 4. The molecule has 2 N–H and O–H groups in total. The number of carbonyl (C=O) groups is 2. The fourth-order valence-electron chi connectivity index (χ4n) is 1.66. The van der Waals surface area contributed by atoms with Crippen LogP contribution in [0, 0.1) is 12.8 Å². The average molecular weight is 254 g/mol. The number of nitrogens with one attached hydrogen (secondary N) is 1. The lowest BCUT2D eigenvalue weighted by Gasteiger charge is -2.23. The number of aromatic nitrogens is 1. The number of thiazole rings is 1. The second-order valence-corrected chi connectivity index (χ2v) is 5.30. The first kappa shape index (κ1) is 12.0. The van der Waals surface area contributed by atoms with E-state index in [1.54, 1.807) is 6.92 Å². The van der Waals surface area contributed by atoms with Crippen molar-refractivity contribution < 1.29 is 14.7 Å². The highest BCUT2D eigenvalue weighted by Gasteiger charge is 2.26. The fraction of sp³-hybridized carbons (Fsp3) is 0.545. The largest absolute Gasteiger partial charge is 0.481 e. The maximum Gasteiger partial charge on any atom is 0.308 e. The van der Waals surface area contributed by atoms with Gasteiger partial charge in [-0.15, -0.1) is 11.3 Å². The van der Waals surface area contributed by atoms with Gasteiger partial charge >= 0.3 is 5.97 Å². The van der Waals surface area contributed by atoms with Crippen LogP contribution >= 0.6 is 11.3 Å². The Labute approximate surface area is 103 Å². The standard InChI is InChI=1S/C11H14N2O3S/c1-6-8(5-9(14)15)17-11(12-6)13-10(16)7-3-2-4-7/h7H,2-5H2,1H3,(H,14,15)(H,12,13,16). The first-order chi connectivity index (χ1) is 8.06. The maximum atomic E-state index is 11.7. The molecule has 0 bridgehead atoms. The van der Waals surface area contributed by atoms with Crippen LogP contribution < -0.4 is 5.32 Å². The van der Waals surface area contributed by atoms with Gasteiger partial charge in [-0.3, -0.25) is 9.59 Å². The lowest BCUT2D eigenvalue weighted by molar-refractivity contribution is -0.136. The van der Waals surface area contributed by atoms with E-state index in [-0.39, 0.29) is 18.2 Å². The molecule has 1 fully saturated rings. The second kappa shape index (κ2) is 4.83. The number of aryl methyl sites for hydroxylation is 1. The minimum atomic E-state index is -0.881. The number of rotatable bonds is 4. The fourth-order valence-corrected chi connectivity index (χ4v) is 2.62. The van der Waals surface area contributed by atoms with Crippen LogP contribution in [0.4, 0.5) is 5.13 Å². The minimum Gasteiger partial charge on any atom is -0.481 e. The summed E-state index contributed by atoms with van der Waals surface area (Å²) in [6.07, 6.45) is 2.96. The van der Waals surface area contributed by atoms with Crippen molar-refractivity contribution in [3.05, 3.63) is 10.6 Å². The summed E-state index contributed by atoms with van der Waals surface area (Å²) in [6, 6.07) is 0. The van der Waals surface area contributed by atoms with Crippen molar-refractivity contribution in [2.24, 2.45) is 5.92 Å². The lowest BCUT2D eigenvalue weighted by atomic mass is 9.85. The summed E-state index contributed by atoms with van der Waals surface area (Å²) in [5.74, 6) is -0.761. The molecule has 1 aromatic heterocycles. The van der Waals surface area contributed by atoms with E-state index in [2.05, 4.69) is 10.3 Å². The molecule has 92 valence electrons. The van der Waals surface area contributed by atoms with Gasteiger partial charge in [-0.25, -0.2) is 4.98 Å². The summed E-state index contributed by atoms with van der Waals surface area (Å²) < 4.78 is 0. The summed E-state index contributed by atoms with van der Waals surface area (Å²) in [7, 11) is 0. The van der Waals surface area contributed by atoms with Crippen LogP contribution in [0.5, 0.6) is 0 Å². The van der Waals surface area contributed by atoms with Crippen molar-refractivity contribution in [3.8, 4) is 0 Å². The molecule has 0 atom stereocenters. The van der Waals surface area contributed by atoms with Crippen LogP contribution in [0.3, 0.4) is 0 Å². The molecule has 0 unspecified atom stereocenters. The highest BCUT2D eigenvalue weighted by Crippen LogP contribution is 2.29. The van der Waals surface area contributed by atoms with E-state index in [1.807, 2.05) is 0 Å². The van der Waals surface area contributed by atoms with Crippen molar-refractivity contribution >= 4 is 28.3 Å². The van der Waals surface area contributed by atoms with Crippen LogP contribution in [0.25, 0.3) is 0 Å². The van der Waals surface area contributed by atoms with E-state index in [0.717, 1.165) is 19.3 Å². The van der Waals surface area contributed by atoms with Crippen LogP contribution in [-0.2, 0) is 16.0 Å². The molecule has 1 heterocycles. The van der Waals surface area contributed by atoms with Gasteiger partial charge in [-0.2, -0.15) is 0 Å². The van der Waals surface area contributed by atoms with Crippen molar-refractivity contribution in [2.75, 3.05) is 5.32 Å². The zero-order chi connectivity index (χ0) is 12.4. The lowest BCUT2D eigenvalue weighted by Crippen LogP contribution is -2.27. The smallest absolute Gasteiger partial charge is 0.308 e. The molecule has 2 rings (SSSR count). The molecule has 0 spiro atoms. The predicted octanol–water partition coefficient (Wildman–Crippen LogP) is 1.82. The molecule has 0 saturated heterocycles. The third-order valence-electron chi connectivity index (χ3n) is 2.91. The van der Waals surface area contributed by atoms with E-state index in [1.165, 1.54) is 11.3 Å². The molecule has 0 aliphatic heterocycles. The van der Waals surface area contributed by atoms with Gasteiger partial charge in [0.25, 0.3) is 0 Å². The van der Waals surface area contributed by atoms with E-state index in [4.69, 9.17) is 5.11 Å². The van der Waals surface area contributed by atoms with Crippen LogP contribution in [0.15, 0.2) is 0 Å². The van der Waals surface area contributed by atoms with Gasteiger partial charge in [0.05, 0.1) is 12.1 Å². The SMILES string of the molecule is Cc1nc(NC(=O)C2CCC2)sc1CC(=O)O. The Balaban J connectivity index is 2.01. The molecule has 1 saturated carbocycles. The van der Waals surface area contributed by atoms with Gasteiger partial charge in [-0.05, 0) is 19.8 Å². The van der Waals surface area contributed by atoms with Crippen molar-refractivity contribution in [1.82, 2.24) is 4.98 Å². The number of carbonyl (C=O) groups excluding carboxylic acids is 1. The van der Waals surface area contributed by atoms with Crippen LogP contribution in [-0.4, -0.2) is 22.0 Å². The van der Waals surface area contributed by atoms with Gasteiger partial charge in [0.2, 0.25) is 5.91 Å². The quantitative estimate of drug-likeness (QED) is 0.859. The third kappa shape index (κ3) is 2.82. The molecule has 5 nitrogen and oxygen atoms in total. The summed E-state index contributed by atoms with van der Waals surface area (Å²) >= 11 is 1.24. The predicted molar refractivity (Wildman–Crippen MR) is 64.2 cm³/mol. The average Bonchev–Trinajstić information content (AvgIpc) is 2.42. The van der Waals surface area contributed by atoms with Crippen LogP contribution in [0.1, 0.15) is 29.8 Å². The molecule has 1 aliphatic rings. The van der Waals surface area contributed by atoms with Gasteiger partial charge < -0.3 is 10.4 Å². The summed E-state index contributed by atoms with van der Waals surface area (Å²) in [5.41, 5.74) is 0.682. The number of carboxylic acid groups (broad SMARTS) is 1. The van der Waals surface area contributed by atoms with E-state index >= 15 is 0 Å². The number of aliphatic carboxylic acids is 1. The topological polar surface area (TPSA) is 79.3 Å². The molecule has 17 heavy (non-hydrogen) atoms. The van der Waals surface area contributed by atoms with E-state index < -0.39 is 5.97 Å². The van der Waals surface area contributed by atoms with Gasteiger partial charge in [0.1, 0.15) is 0 Å². The van der Waals surface area contributed by atoms with Crippen LogP contribution in [0.2, 0.25) is 0 Å². The minimum absolute atomic E-state index is 0.00637. The molecule has 6 heteroatoms. The third-order valence-corrected chi connectivity index (χ3v) is 3.98. The Hall–Kier alpha value is -1.43. The molecule has 1 amide bonds. The zero-order valence-electron chi connectivity index (χ0n) is 9.52. The van der Waals surface area contributed by atoms with Gasteiger partial charge in [-0.1, -0.05) is 6.42 Å². The summed E-state index contributed by atoms with van der Waals surface area (Å²) in [5, 5.41) is 12.0. The van der Waals surface area contributed by atoms with Crippen molar-refractivity contribution in [2.45, 2.75) is 32.6 Å². The molecule has 1 aromatic rings. The number of carboxylic acids is 1. The zero-order valence-corrected chi connectivity index (χ0v) is 10.3. The maximum absolute atomic E-state index is 11.7. The first-order valence-electron chi connectivity index (χ1n) is 5.55. The Morgan fingerprint density at radius 1 is 1.53 bits per heavy atom.